The van der Waals surface area contributed by atoms with Crippen LogP contribution in [-0.2, 0) is 4.74 Å². The van der Waals surface area contributed by atoms with E-state index in [1.165, 1.54) is 0 Å². The van der Waals surface area contributed by atoms with Gasteiger partial charge in [0, 0.05) is 12.7 Å². The predicted molar refractivity (Wildman–Crippen MR) is 69.1 cm³/mol. The lowest BCUT2D eigenvalue weighted by atomic mass is 10.1. The van der Waals surface area contributed by atoms with Crippen molar-refractivity contribution in [1.82, 2.24) is 0 Å². The van der Waals surface area contributed by atoms with Crippen molar-refractivity contribution in [2.45, 2.75) is 20.0 Å². The molecule has 1 aromatic rings. The molecule has 0 fully saturated rings. The maximum absolute atomic E-state index is 5.60. The number of hydrogen-bond donors (Lipinski definition) is 1. The highest BCUT2D eigenvalue weighted by atomic mass is 16.5. The van der Waals surface area contributed by atoms with Crippen molar-refractivity contribution in [3.63, 3.8) is 0 Å². The van der Waals surface area contributed by atoms with Gasteiger partial charge < -0.3 is 15.2 Å². The molecule has 0 aromatic heterocycles. The number of rotatable bonds is 4. The quantitative estimate of drug-likeness (QED) is 0.805. The summed E-state index contributed by atoms with van der Waals surface area (Å²) >= 11 is 0. The van der Waals surface area contributed by atoms with Crippen LogP contribution in [0.2, 0.25) is 0 Å². The van der Waals surface area contributed by atoms with E-state index in [1.54, 1.807) is 7.11 Å². The molecule has 0 bridgehead atoms. The lowest BCUT2D eigenvalue weighted by Gasteiger charge is -2.12. The molecule has 0 aliphatic heterocycles. The van der Waals surface area contributed by atoms with Crippen molar-refractivity contribution in [2.75, 3.05) is 20.3 Å². The van der Waals surface area contributed by atoms with Crippen molar-refractivity contribution in [3.8, 4) is 17.6 Å². The molecule has 0 heterocycles. The van der Waals surface area contributed by atoms with Crippen LogP contribution in [0.5, 0.6) is 5.75 Å². The van der Waals surface area contributed by atoms with Gasteiger partial charge in [0.1, 0.15) is 12.4 Å². The summed E-state index contributed by atoms with van der Waals surface area (Å²) in [5, 5.41) is 0. The summed E-state index contributed by atoms with van der Waals surface area (Å²) in [6.07, 6.45) is 0.0898. The first-order valence-electron chi connectivity index (χ1n) is 5.62. The molecule has 0 radical (unpaired) electrons. The molecule has 2 N–H and O–H groups in total. The van der Waals surface area contributed by atoms with Crippen molar-refractivity contribution >= 4 is 0 Å². The molecule has 92 valence electrons. The highest BCUT2D eigenvalue weighted by Crippen LogP contribution is 2.16. The minimum Gasteiger partial charge on any atom is -0.491 e. The van der Waals surface area contributed by atoms with Gasteiger partial charge in [-0.2, -0.15) is 0 Å². The van der Waals surface area contributed by atoms with Gasteiger partial charge >= 0.3 is 0 Å². The van der Waals surface area contributed by atoms with Gasteiger partial charge in [-0.25, -0.2) is 0 Å². The monoisotopic (exact) mass is 233 g/mol. The lowest BCUT2D eigenvalue weighted by molar-refractivity contribution is 0.0716. The van der Waals surface area contributed by atoms with Crippen LogP contribution in [0.1, 0.15) is 18.1 Å². The molecular formula is C14H19NO2. The Morgan fingerprint density at radius 2 is 2.18 bits per heavy atom. The molecule has 0 amide bonds. The highest BCUT2D eigenvalue weighted by Gasteiger charge is 2.02. The lowest BCUT2D eigenvalue weighted by Crippen LogP contribution is -2.15. The zero-order valence-corrected chi connectivity index (χ0v) is 10.6. The van der Waals surface area contributed by atoms with Crippen molar-refractivity contribution in [2.24, 2.45) is 5.73 Å². The molecule has 3 nitrogen and oxygen atoms in total. The van der Waals surface area contributed by atoms with E-state index in [0.29, 0.717) is 13.2 Å². The minimum atomic E-state index is 0.0898. The smallest absolute Gasteiger partial charge is 0.119 e. The second kappa shape index (κ2) is 6.95. The zero-order chi connectivity index (χ0) is 12.7. The molecule has 1 atom stereocenters. The van der Waals surface area contributed by atoms with E-state index in [9.17, 15) is 0 Å². The summed E-state index contributed by atoms with van der Waals surface area (Å²) in [6, 6.07) is 5.84. The van der Waals surface area contributed by atoms with Gasteiger partial charge in [-0.3, -0.25) is 0 Å². The van der Waals surface area contributed by atoms with Gasteiger partial charge in [0.05, 0.1) is 12.6 Å². The van der Waals surface area contributed by atoms with Crippen LogP contribution in [-0.4, -0.2) is 26.4 Å². The Kier molecular flexibility index (Phi) is 5.55. The molecule has 17 heavy (non-hydrogen) atoms. The zero-order valence-electron chi connectivity index (χ0n) is 10.6. The average Bonchev–Trinajstić information content (AvgIpc) is 2.34. The molecule has 3 heteroatoms. The van der Waals surface area contributed by atoms with Gasteiger partial charge in [0.15, 0.2) is 0 Å². The number of nitrogens with two attached hydrogens (primary N) is 1. The molecule has 0 saturated carbocycles. The first-order chi connectivity index (χ1) is 8.17. The minimum absolute atomic E-state index is 0.0898. The van der Waals surface area contributed by atoms with Gasteiger partial charge in [-0.05, 0) is 37.6 Å². The Bertz CT molecular complexity index is 418. The molecule has 0 aliphatic carbocycles. The molecule has 0 spiro atoms. The molecule has 0 saturated heterocycles. The summed E-state index contributed by atoms with van der Waals surface area (Å²) < 4.78 is 10.7. The Labute approximate surface area is 103 Å². The van der Waals surface area contributed by atoms with Crippen LogP contribution >= 0.6 is 0 Å². The van der Waals surface area contributed by atoms with Crippen LogP contribution in [0.15, 0.2) is 18.2 Å². The van der Waals surface area contributed by atoms with Gasteiger partial charge in [0.25, 0.3) is 0 Å². The summed E-state index contributed by atoms with van der Waals surface area (Å²) in [4.78, 5) is 0. The maximum atomic E-state index is 5.60. The Balaban J connectivity index is 2.68. The Morgan fingerprint density at radius 1 is 1.41 bits per heavy atom. The molecule has 1 rings (SSSR count). The van der Waals surface area contributed by atoms with Crippen LogP contribution in [0, 0.1) is 18.8 Å². The third-order valence-electron chi connectivity index (χ3n) is 2.41. The summed E-state index contributed by atoms with van der Waals surface area (Å²) in [6.45, 7) is 4.90. The van der Waals surface area contributed by atoms with E-state index in [0.717, 1.165) is 16.9 Å². The standard InChI is InChI=1S/C14H19NO2/c1-11-9-14(17-10-12(2)16-3)7-6-13(11)5-4-8-15/h6-7,9,12H,8,10,15H2,1-3H3. The summed E-state index contributed by atoms with van der Waals surface area (Å²) in [5.41, 5.74) is 7.42. The van der Waals surface area contributed by atoms with Gasteiger partial charge in [0.2, 0.25) is 0 Å². The Morgan fingerprint density at radius 3 is 2.76 bits per heavy atom. The second-order valence-corrected chi connectivity index (χ2v) is 3.84. The fraction of sp³-hybridized carbons (Fsp3) is 0.429. The van der Waals surface area contributed by atoms with Crippen molar-refractivity contribution in [3.05, 3.63) is 29.3 Å². The van der Waals surface area contributed by atoms with E-state index in [-0.39, 0.29) is 6.10 Å². The predicted octanol–water partition coefficient (Wildman–Crippen LogP) is 1.72. The summed E-state index contributed by atoms with van der Waals surface area (Å²) in [5.74, 6) is 6.70. The fourth-order valence-electron chi connectivity index (χ4n) is 1.29. The van der Waals surface area contributed by atoms with Crippen LogP contribution in [0.3, 0.4) is 0 Å². The van der Waals surface area contributed by atoms with E-state index in [4.69, 9.17) is 15.2 Å². The first-order valence-corrected chi connectivity index (χ1v) is 5.62. The number of methoxy groups -OCH3 is 1. The molecule has 1 unspecified atom stereocenters. The number of aryl methyl sites for hydroxylation is 1. The van der Waals surface area contributed by atoms with Crippen molar-refractivity contribution < 1.29 is 9.47 Å². The van der Waals surface area contributed by atoms with E-state index >= 15 is 0 Å². The topological polar surface area (TPSA) is 44.5 Å². The SMILES string of the molecule is COC(C)COc1ccc(C#CCN)c(C)c1. The van der Waals surface area contributed by atoms with Crippen LogP contribution < -0.4 is 10.5 Å². The Hall–Kier alpha value is -1.50. The molecular weight excluding hydrogens is 214 g/mol. The van der Waals surface area contributed by atoms with E-state index in [1.807, 2.05) is 32.0 Å². The summed E-state index contributed by atoms with van der Waals surface area (Å²) in [7, 11) is 1.67. The maximum Gasteiger partial charge on any atom is 0.119 e. The van der Waals surface area contributed by atoms with Crippen molar-refractivity contribution in [1.29, 1.82) is 0 Å². The second-order valence-electron chi connectivity index (χ2n) is 3.84. The molecule has 0 aliphatic rings. The third-order valence-corrected chi connectivity index (χ3v) is 2.41. The number of hydrogen-bond acceptors (Lipinski definition) is 3. The van der Waals surface area contributed by atoms with Gasteiger partial charge in [-0.15, -0.1) is 0 Å². The fourth-order valence-corrected chi connectivity index (χ4v) is 1.29. The first kappa shape index (κ1) is 13.6. The van der Waals surface area contributed by atoms with Crippen LogP contribution in [0.4, 0.5) is 0 Å². The highest BCUT2D eigenvalue weighted by molar-refractivity contribution is 5.44. The largest absolute Gasteiger partial charge is 0.491 e. The van der Waals surface area contributed by atoms with Crippen LogP contribution in [0.25, 0.3) is 0 Å². The molecule has 1 aromatic carbocycles. The number of ether oxygens (including phenoxy) is 2. The number of benzene rings is 1. The van der Waals surface area contributed by atoms with E-state index < -0.39 is 0 Å². The van der Waals surface area contributed by atoms with Gasteiger partial charge in [-0.1, -0.05) is 11.8 Å². The normalized spacial score (nSPS) is 11.5. The average molecular weight is 233 g/mol. The third kappa shape index (κ3) is 4.48. The van der Waals surface area contributed by atoms with E-state index in [2.05, 4.69) is 11.8 Å².